The molecular formula is C13H18N4. The molecule has 1 fully saturated rings. The number of nitrogens with two attached hydrogens (primary N) is 1. The quantitative estimate of drug-likeness (QED) is 0.818. The van der Waals surface area contributed by atoms with E-state index in [1.54, 1.807) is 0 Å². The minimum atomic E-state index is 0.240. The van der Waals surface area contributed by atoms with Gasteiger partial charge >= 0.3 is 0 Å². The lowest BCUT2D eigenvalue weighted by Gasteiger charge is -2.15. The van der Waals surface area contributed by atoms with E-state index >= 15 is 0 Å². The molecule has 4 nitrogen and oxygen atoms in total. The molecule has 0 radical (unpaired) electrons. The first-order valence-electron chi connectivity index (χ1n) is 6.06. The summed E-state index contributed by atoms with van der Waals surface area (Å²) in [5, 5.41) is 1.03. The number of anilines is 1. The largest absolute Gasteiger partial charge is 0.383 e. The van der Waals surface area contributed by atoms with Crippen molar-refractivity contribution in [1.29, 1.82) is 0 Å². The molecule has 0 saturated heterocycles. The predicted octanol–water partition coefficient (Wildman–Crippen LogP) is 2.45. The third-order valence-corrected chi connectivity index (χ3v) is 4.01. The summed E-state index contributed by atoms with van der Waals surface area (Å²) in [5.41, 5.74) is 9.77. The summed E-state index contributed by atoms with van der Waals surface area (Å²) in [4.78, 5) is 8.87. The molecule has 0 unspecified atom stereocenters. The minimum absolute atomic E-state index is 0.240. The van der Waals surface area contributed by atoms with Crippen LogP contribution in [0.25, 0.3) is 11.0 Å². The van der Waals surface area contributed by atoms with Gasteiger partial charge in [-0.05, 0) is 46.1 Å². The van der Waals surface area contributed by atoms with Gasteiger partial charge in [0.1, 0.15) is 17.3 Å². The van der Waals surface area contributed by atoms with Crippen molar-refractivity contribution in [2.75, 3.05) is 5.73 Å². The first-order valence-corrected chi connectivity index (χ1v) is 6.06. The second-order valence-corrected chi connectivity index (χ2v) is 5.40. The maximum absolute atomic E-state index is 6.04. The highest BCUT2D eigenvalue weighted by molar-refractivity contribution is 5.91. The highest BCUT2D eigenvalue weighted by Crippen LogP contribution is 2.47. The van der Waals surface area contributed by atoms with Gasteiger partial charge in [-0.3, -0.25) is 0 Å². The van der Waals surface area contributed by atoms with Gasteiger partial charge in [-0.2, -0.15) is 0 Å². The van der Waals surface area contributed by atoms with E-state index in [0.717, 1.165) is 16.9 Å². The molecule has 0 aliphatic heterocycles. The average molecular weight is 230 g/mol. The van der Waals surface area contributed by atoms with Gasteiger partial charge in [-0.1, -0.05) is 0 Å². The normalized spacial score (nSPS) is 17.6. The van der Waals surface area contributed by atoms with Crippen LogP contribution < -0.4 is 5.73 Å². The van der Waals surface area contributed by atoms with E-state index in [-0.39, 0.29) is 5.54 Å². The number of nitrogens with zero attached hydrogens (tertiary/aromatic N) is 3. The third-order valence-electron chi connectivity index (χ3n) is 4.01. The van der Waals surface area contributed by atoms with Crippen LogP contribution >= 0.6 is 0 Å². The van der Waals surface area contributed by atoms with Crippen molar-refractivity contribution in [2.45, 2.75) is 46.1 Å². The van der Waals surface area contributed by atoms with Crippen molar-refractivity contribution in [2.24, 2.45) is 0 Å². The summed E-state index contributed by atoms with van der Waals surface area (Å²) < 4.78 is 2.35. The molecule has 0 bridgehead atoms. The molecule has 17 heavy (non-hydrogen) atoms. The molecule has 4 heteroatoms. The Labute approximate surface area is 101 Å². The zero-order valence-corrected chi connectivity index (χ0v) is 10.8. The smallest absolute Gasteiger partial charge is 0.146 e. The van der Waals surface area contributed by atoms with E-state index in [2.05, 4.69) is 35.3 Å². The van der Waals surface area contributed by atoms with Crippen LogP contribution in [-0.2, 0) is 5.54 Å². The topological polar surface area (TPSA) is 56.7 Å². The molecule has 2 heterocycles. The molecular weight excluding hydrogens is 212 g/mol. The SMILES string of the molecule is Cc1nc(N)c2c(C)c(C)n(C3(C)CC3)c2n1. The Balaban J connectivity index is 2.46. The van der Waals surface area contributed by atoms with Gasteiger partial charge < -0.3 is 10.3 Å². The van der Waals surface area contributed by atoms with E-state index in [1.165, 1.54) is 24.1 Å². The molecule has 0 aromatic carbocycles. The van der Waals surface area contributed by atoms with Crippen LogP contribution in [-0.4, -0.2) is 14.5 Å². The van der Waals surface area contributed by atoms with Crippen LogP contribution in [0.1, 0.15) is 36.8 Å². The van der Waals surface area contributed by atoms with Gasteiger partial charge in [0.05, 0.1) is 5.39 Å². The fraction of sp³-hybridized carbons (Fsp3) is 0.538. The van der Waals surface area contributed by atoms with Crippen LogP contribution in [0.5, 0.6) is 0 Å². The van der Waals surface area contributed by atoms with Crippen molar-refractivity contribution >= 4 is 16.9 Å². The number of aryl methyl sites for hydroxylation is 2. The average Bonchev–Trinajstić information content (AvgIpc) is 2.89. The lowest BCUT2D eigenvalue weighted by Crippen LogP contribution is -2.14. The molecule has 1 aliphatic carbocycles. The second kappa shape index (κ2) is 3.00. The van der Waals surface area contributed by atoms with Gasteiger partial charge in [0, 0.05) is 11.2 Å². The first-order chi connectivity index (χ1) is 7.94. The standard InChI is InChI=1S/C13H18N4/c1-7-8(2)17(13(4)5-6-13)12-10(7)11(14)15-9(3)16-12/h5-6H2,1-4H3,(H2,14,15,16). The number of aromatic nitrogens is 3. The fourth-order valence-electron chi connectivity index (χ4n) is 2.67. The molecule has 2 aromatic rings. The summed E-state index contributed by atoms with van der Waals surface area (Å²) >= 11 is 0. The van der Waals surface area contributed by atoms with Gasteiger partial charge in [-0.25, -0.2) is 9.97 Å². The zero-order chi connectivity index (χ0) is 12.4. The minimum Gasteiger partial charge on any atom is -0.383 e. The predicted molar refractivity (Wildman–Crippen MR) is 69.0 cm³/mol. The third kappa shape index (κ3) is 1.30. The highest BCUT2D eigenvalue weighted by Gasteiger charge is 2.42. The van der Waals surface area contributed by atoms with E-state index < -0.39 is 0 Å². The monoisotopic (exact) mass is 230 g/mol. The molecule has 0 amide bonds. The number of hydrogen-bond donors (Lipinski definition) is 1. The summed E-state index contributed by atoms with van der Waals surface area (Å²) in [7, 11) is 0. The molecule has 2 aromatic heterocycles. The van der Waals surface area contributed by atoms with E-state index in [4.69, 9.17) is 5.73 Å². The number of hydrogen-bond acceptors (Lipinski definition) is 3. The maximum atomic E-state index is 6.04. The Bertz CT molecular complexity index is 620. The maximum Gasteiger partial charge on any atom is 0.146 e. The Morgan fingerprint density at radius 3 is 2.41 bits per heavy atom. The first kappa shape index (κ1) is 10.6. The molecule has 1 saturated carbocycles. The number of fused-ring (bicyclic) bond motifs is 1. The van der Waals surface area contributed by atoms with Gasteiger partial charge in [-0.15, -0.1) is 0 Å². The summed E-state index contributed by atoms with van der Waals surface area (Å²) in [5.74, 6) is 1.36. The van der Waals surface area contributed by atoms with Crippen molar-refractivity contribution in [1.82, 2.24) is 14.5 Å². The van der Waals surface area contributed by atoms with Crippen LogP contribution in [0.4, 0.5) is 5.82 Å². The van der Waals surface area contributed by atoms with Crippen LogP contribution in [0, 0.1) is 20.8 Å². The summed E-state index contributed by atoms with van der Waals surface area (Å²) in [6.45, 7) is 8.43. The molecule has 0 spiro atoms. The Kier molecular flexibility index (Phi) is 1.86. The zero-order valence-electron chi connectivity index (χ0n) is 10.8. The van der Waals surface area contributed by atoms with Gasteiger partial charge in [0.15, 0.2) is 0 Å². The summed E-state index contributed by atoms with van der Waals surface area (Å²) in [6, 6.07) is 0. The van der Waals surface area contributed by atoms with E-state index in [0.29, 0.717) is 5.82 Å². The van der Waals surface area contributed by atoms with Crippen molar-refractivity contribution in [3.05, 3.63) is 17.1 Å². The van der Waals surface area contributed by atoms with Gasteiger partial charge in [0.25, 0.3) is 0 Å². The lowest BCUT2D eigenvalue weighted by molar-refractivity contribution is 0.534. The molecule has 0 atom stereocenters. The van der Waals surface area contributed by atoms with Crippen molar-refractivity contribution in [3.63, 3.8) is 0 Å². The Hall–Kier alpha value is -1.58. The van der Waals surface area contributed by atoms with Crippen LogP contribution in [0.2, 0.25) is 0 Å². The van der Waals surface area contributed by atoms with Crippen molar-refractivity contribution in [3.8, 4) is 0 Å². The van der Waals surface area contributed by atoms with Gasteiger partial charge in [0.2, 0.25) is 0 Å². The van der Waals surface area contributed by atoms with Crippen LogP contribution in [0.3, 0.4) is 0 Å². The molecule has 1 aliphatic rings. The number of rotatable bonds is 1. The lowest BCUT2D eigenvalue weighted by atomic mass is 10.2. The van der Waals surface area contributed by atoms with E-state index in [9.17, 15) is 0 Å². The molecule has 3 rings (SSSR count). The molecule has 2 N–H and O–H groups in total. The van der Waals surface area contributed by atoms with Crippen molar-refractivity contribution < 1.29 is 0 Å². The number of nitrogen functional groups attached to an aromatic ring is 1. The summed E-state index contributed by atoms with van der Waals surface area (Å²) in [6.07, 6.45) is 2.44. The van der Waals surface area contributed by atoms with E-state index in [1.807, 2.05) is 6.92 Å². The van der Waals surface area contributed by atoms with Crippen LogP contribution in [0.15, 0.2) is 0 Å². The highest BCUT2D eigenvalue weighted by atomic mass is 15.2. The Morgan fingerprint density at radius 1 is 1.18 bits per heavy atom. The Morgan fingerprint density at radius 2 is 1.82 bits per heavy atom. The molecule has 90 valence electrons. The second-order valence-electron chi connectivity index (χ2n) is 5.40. The fourth-order valence-corrected chi connectivity index (χ4v) is 2.67.